The van der Waals surface area contributed by atoms with Gasteiger partial charge in [0, 0.05) is 19.5 Å². The van der Waals surface area contributed by atoms with Crippen LogP contribution in [-0.2, 0) is 17.6 Å². The van der Waals surface area contributed by atoms with Gasteiger partial charge in [-0.25, -0.2) is 0 Å². The lowest BCUT2D eigenvalue weighted by atomic mass is 10.0. The number of carbonyl (C=O) groups is 1. The number of rotatable bonds is 4. The van der Waals surface area contributed by atoms with Crippen molar-refractivity contribution in [1.29, 1.82) is 0 Å². The fraction of sp³-hybridized carbons (Fsp3) is 0.562. The number of hydrogen-bond acceptors (Lipinski definition) is 2. The summed E-state index contributed by atoms with van der Waals surface area (Å²) in [6.45, 7) is 3.44. The molecule has 0 spiro atoms. The second kappa shape index (κ2) is 6.71. The highest BCUT2D eigenvalue weighted by molar-refractivity contribution is 5.76. The number of carbonyl (C=O) groups excluding carboxylic acids is 1. The molecule has 1 heterocycles. The molecule has 0 saturated carbocycles. The zero-order chi connectivity index (χ0) is 13.7. The minimum absolute atomic E-state index is 0.165. The van der Waals surface area contributed by atoms with E-state index >= 15 is 0 Å². The Morgan fingerprint density at radius 1 is 1.32 bits per heavy atom. The van der Waals surface area contributed by atoms with Crippen molar-refractivity contribution < 1.29 is 9.90 Å². The van der Waals surface area contributed by atoms with E-state index in [1.165, 1.54) is 11.1 Å². The van der Waals surface area contributed by atoms with Gasteiger partial charge in [-0.1, -0.05) is 31.2 Å². The molecule has 1 saturated heterocycles. The van der Waals surface area contributed by atoms with Crippen LogP contribution in [0, 0.1) is 0 Å². The molecule has 1 atom stereocenters. The number of amides is 1. The summed E-state index contributed by atoms with van der Waals surface area (Å²) in [7, 11) is 0. The predicted molar refractivity (Wildman–Crippen MR) is 76.0 cm³/mol. The lowest BCUT2D eigenvalue weighted by Crippen LogP contribution is -2.42. The second-order valence-corrected chi connectivity index (χ2v) is 5.31. The van der Waals surface area contributed by atoms with Crippen molar-refractivity contribution in [1.82, 2.24) is 4.90 Å². The van der Waals surface area contributed by atoms with Crippen LogP contribution in [0.25, 0.3) is 0 Å². The van der Waals surface area contributed by atoms with Gasteiger partial charge in [0.2, 0.25) is 5.91 Å². The van der Waals surface area contributed by atoms with Crippen molar-refractivity contribution in [2.45, 2.75) is 45.1 Å². The van der Waals surface area contributed by atoms with Gasteiger partial charge in [-0.05, 0) is 36.8 Å². The number of likely N-dealkylation sites (tertiary alicyclic amines) is 1. The van der Waals surface area contributed by atoms with E-state index in [2.05, 4.69) is 31.2 Å². The molecular weight excluding hydrogens is 238 g/mol. The second-order valence-electron chi connectivity index (χ2n) is 5.31. The van der Waals surface area contributed by atoms with E-state index in [0.29, 0.717) is 13.0 Å². The molecule has 1 aliphatic rings. The molecule has 3 heteroatoms. The molecular formula is C16H23NO2. The summed E-state index contributed by atoms with van der Waals surface area (Å²) in [5.74, 6) is 0.165. The van der Waals surface area contributed by atoms with Crippen LogP contribution in [0.4, 0.5) is 0 Å². The minimum Gasteiger partial charge on any atom is -0.391 e. The fourth-order valence-electron chi connectivity index (χ4n) is 2.53. The third-order valence-electron chi connectivity index (χ3n) is 3.81. The average Bonchev–Trinajstić information content (AvgIpc) is 2.45. The maximum atomic E-state index is 12.1. The van der Waals surface area contributed by atoms with E-state index in [1.807, 2.05) is 0 Å². The third-order valence-corrected chi connectivity index (χ3v) is 3.81. The molecule has 19 heavy (non-hydrogen) atoms. The molecule has 1 aromatic carbocycles. The quantitative estimate of drug-likeness (QED) is 0.902. The molecule has 0 unspecified atom stereocenters. The summed E-state index contributed by atoms with van der Waals surface area (Å²) in [4.78, 5) is 13.9. The lowest BCUT2D eigenvalue weighted by Gasteiger charge is -2.30. The maximum absolute atomic E-state index is 12.1. The van der Waals surface area contributed by atoms with Gasteiger partial charge >= 0.3 is 0 Å². The summed E-state index contributed by atoms with van der Waals surface area (Å²) >= 11 is 0. The number of hydrogen-bond donors (Lipinski definition) is 1. The van der Waals surface area contributed by atoms with Crippen LogP contribution in [0.3, 0.4) is 0 Å². The summed E-state index contributed by atoms with van der Waals surface area (Å²) in [6, 6.07) is 8.48. The first-order chi connectivity index (χ1) is 9.19. The van der Waals surface area contributed by atoms with Crippen molar-refractivity contribution in [3.05, 3.63) is 35.4 Å². The van der Waals surface area contributed by atoms with E-state index < -0.39 is 0 Å². The number of piperidine rings is 1. The number of aliphatic hydroxyl groups excluding tert-OH is 1. The van der Waals surface area contributed by atoms with Gasteiger partial charge in [-0.15, -0.1) is 0 Å². The molecule has 3 nitrogen and oxygen atoms in total. The smallest absolute Gasteiger partial charge is 0.222 e. The summed E-state index contributed by atoms with van der Waals surface area (Å²) in [5.41, 5.74) is 2.54. The highest BCUT2D eigenvalue weighted by atomic mass is 16.3. The van der Waals surface area contributed by atoms with Crippen LogP contribution < -0.4 is 0 Å². The normalized spacial score (nSPS) is 19.5. The number of nitrogens with zero attached hydrogens (tertiary/aromatic N) is 1. The third kappa shape index (κ3) is 4.06. The first-order valence-corrected chi connectivity index (χ1v) is 7.22. The molecule has 2 rings (SSSR count). The van der Waals surface area contributed by atoms with Crippen LogP contribution in [0.1, 0.15) is 37.3 Å². The molecule has 1 amide bonds. The molecule has 104 valence electrons. The standard InChI is InChI=1S/C16H23NO2/c1-2-13-5-7-14(8-6-13)9-10-16(19)17-11-3-4-15(18)12-17/h5-8,15,18H,2-4,9-12H2,1H3/t15-/m0/s1. The van der Waals surface area contributed by atoms with Crippen molar-refractivity contribution in [3.63, 3.8) is 0 Å². The van der Waals surface area contributed by atoms with Crippen LogP contribution >= 0.6 is 0 Å². The van der Waals surface area contributed by atoms with Crippen molar-refractivity contribution in [2.75, 3.05) is 13.1 Å². The molecule has 0 radical (unpaired) electrons. The van der Waals surface area contributed by atoms with Gasteiger partial charge in [0.1, 0.15) is 0 Å². The van der Waals surface area contributed by atoms with Crippen molar-refractivity contribution in [2.24, 2.45) is 0 Å². The number of β-amino-alcohol motifs (C(OH)–C–C–N with tert-alkyl or cyclic N) is 1. The van der Waals surface area contributed by atoms with E-state index in [1.54, 1.807) is 4.90 Å². The topological polar surface area (TPSA) is 40.5 Å². The predicted octanol–water partition coefficient (Wildman–Crippen LogP) is 2.16. The van der Waals surface area contributed by atoms with E-state index in [-0.39, 0.29) is 12.0 Å². The molecule has 1 aliphatic heterocycles. The Morgan fingerprint density at radius 2 is 2.00 bits per heavy atom. The van der Waals surface area contributed by atoms with Gasteiger partial charge in [-0.2, -0.15) is 0 Å². The average molecular weight is 261 g/mol. The maximum Gasteiger partial charge on any atom is 0.222 e. The van der Waals surface area contributed by atoms with E-state index in [0.717, 1.165) is 32.2 Å². The highest BCUT2D eigenvalue weighted by Gasteiger charge is 2.21. The molecule has 0 aromatic heterocycles. The van der Waals surface area contributed by atoms with Crippen LogP contribution in [-0.4, -0.2) is 35.1 Å². The summed E-state index contributed by atoms with van der Waals surface area (Å²) in [6.07, 6.45) is 3.78. The summed E-state index contributed by atoms with van der Waals surface area (Å²) < 4.78 is 0. The number of aryl methyl sites for hydroxylation is 2. The Kier molecular flexibility index (Phi) is 4.97. The first kappa shape index (κ1) is 14.1. The molecule has 1 aromatic rings. The molecule has 0 aliphatic carbocycles. The number of benzene rings is 1. The molecule has 0 bridgehead atoms. The molecule has 1 N–H and O–H groups in total. The Bertz CT molecular complexity index is 413. The fourth-order valence-corrected chi connectivity index (χ4v) is 2.53. The van der Waals surface area contributed by atoms with Gasteiger partial charge in [0.15, 0.2) is 0 Å². The monoisotopic (exact) mass is 261 g/mol. The minimum atomic E-state index is -0.332. The zero-order valence-corrected chi connectivity index (χ0v) is 11.6. The van der Waals surface area contributed by atoms with Crippen LogP contribution in [0.15, 0.2) is 24.3 Å². The molecule has 1 fully saturated rings. The van der Waals surface area contributed by atoms with Crippen LogP contribution in [0.2, 0.25) is 0 Å². The van der Waals surface area contributed by atoms with E-state index in [9.17, 15) is 9.90 Å². The zero-order valence-electron chi connectivity index (χ0n) is 11.6. The first-order valence-electron chi connectivity index (χ1n) is 7.22. The summed E-state index contributed by atoms with van der Waals surface area (Å²) in [5, 5.41) is 9.58. The lowest BCUT2D eigenvalue weighted by molar-refractivity contribution is -0.134. The Hall–Kier alpha value is -1.35. The van der Waals surface area contributed by atoms with Gasteiger partial charge in [0.25, 0.3) is 0 Å². The Morgan fingerprint density at radius 3 is 2.63 bits per heavy atom. The SMILES string of the molecule is CCc1ccc(CCC(=O)N2CCC[C@H](O)C2)cc1. The van der Waals surface area contributed by atoms with E-state index in [4.69, 9.17) is 0 Å². The Labute approximate surface area is 115 Å². The van der Waals surface area contributed by atoms with Gasteiger partial charge in [-0.3, -0.25) is 4.79 Å². The van der Waals surface area contributed by atoms with Gasteiger partial charge in [0.05, 0.1) is 6.10 Å². The number of aliphatic hydroxyl groups is 1. The Balaban J connectivity index is 1.82. The van der Waals surface area contributed by atoms with Crippen LogP contribution in [0.5, 0.6) is 0 Å². The highest BCUT2D eigenvalue weighted by Crippen LogP contribution is 2.13. The van der Waals surface area contributed by atoms with Crippen molar-refractivity contribution >= 4 is 5.91 Å². The largest absolute Gasteiger partial charge is 0.391 e. The van der Waals surface area contributed by atoms with Crippen molar-refractivity contribution in [3.8, 4) is 0 Å². The van der Waals surface area contributed by atoms with Gasteiger partial charge < -0.3 is 10.0 Å².